The number of ether oxygens (including phenoxy) is 1. The first-order valence-electron chi connectivity index (χ1n) is 6.34. The van der Waals surface area contributed by atoms with Crippen LogP contribution >= 0.6 is 0 Å². The van der Waals surface area contributed by atoms with Crippen LogP contribution in [0.1, 0.15) is 11.6 Å². The Hall–Kier alpha value is -1.06. The van der Waals surface area contributed by atoms with Gasteiger partial charge >= 0.3 is 0 Å². The van der Waals surface area contributed by atoms with E-state index in [4.69, 9.17) is 4.74 Å². The summed E-state index contributed by atoms with van der Waals surface area (Å²) in [6.45, 7) is 3.56. The minimum absolute atomic E-state index is 0.570. The van der Waals surface area contributed by atoms with E-state index in [2.05, 4.69) is 41.5 Å². The Labute approximate surface area is 103 Å². The van der Waals surface area contributed by atoms with E-state index >= 15 is 0 Å². The molecule has 3 heteroatoms. The normalized spacial score (nSPS) is 32.7. The summed E-state index contributed by atoms with van der Waals surface area (Å²) in [4.78, 5) is 2.50. The highest BCUT2D eigenvalue weighted by molar-refractivity contribution is 5.30. The molecular formula is C14H20N2O. The number of methoxy groups -OCH3 is 1. The van der Waals surface area contributed by atoms with E-state index < -0.39 is 0 Å². The SMILES string of the molecule is COc1ccc([C@@H]2[C@@H]3CNC[C@@H]3CN2C)cc1. The van der Waals surface area contributed by atoms with E-state index in [1.807, 2.05) is 0 Å². The molecule has 92 valence electrons. The summed E-state index contributed by atoms with van der Waals surface area (Å²) in [5.74, 6) is 2.54. The summed E-state index contributed by atoms with van der Waals surface area (Å²) in [7, 11) is 3.96. The molecule has 3 rings (SSSR count). The summed E-state index contributed by atoms with van der Waals surface area (Å²) in [6, 6.07) is 9.13. The monoisotopic (exact) mass is 232 g/mol. The molecule has 0 spiro atoms. The van der Waals surface area contributed by atoms with Crippen molar-refractivity contribution in [2.75, 3.05) is 33.8 Å². The van der Waals surface area contributed by atoms with E-state index in [0.717, 1.165) is 24.1 Å². The van der Waals surface area contributed by atoms with Gasteiger partial charge in [-0.25, -0.2) is 0 Å². The van der Waals surface area contributed by atoms with Crippen molar-refractivity contribution < 1.29 is 4.74 Å². The fourth-order valence-electron chi connectivity index (χ4n) is 3.44. The summed E-state index contributed by atoms with van der Waals surface area (Å²) in [5.41, 5.74) is 1.42. The van der Waals surface area contributed by atoms with Gasteiger partial charge in [-0.15, -0.1) is 0 Å². The van der Waals surface area contributed by atoms with Crippen LogP contribution in [0.25, 0.3) is 0 Å². The van der Waals surface area contributed by atoms with Gasteiger partial charge in [0.1, 0.15) is 5.75 Å². The lowest BCUT2D eigenvalue weighted by Gasteiger charge is -2.24. The fourth-order valence-corrected chi connectivity index (χ4v) is 3.44. The predicted molar refractivity (Wildman–Crippen MR) is 68.2 cm³/mol. The molecule has 2 fully saturated rings. The van der Waals surface area contributed by atoms with Crippen LogP contribution in [0.15, 0.2) is 24.3 Å². The molecule has 2 aliphatic rings. The summed E-state index contributed by atoms with van der Waals surface area (Å²) in [5, 5.41) is 3.52. The lowest BCUT2D eigenvalue weighted by atomic mass is 9.89. The second-order valence-corrected chi connectivity index (χ2v) is 5.24. The van der Waals surface area contributed by atoms with Crippen LogP contribution in [-0.4, -0.2) is 38.7 Å². The molecule has 2 saturated heterocycles. The minimum Gasteiger partial charge on any atom is -0.497 e. The fraction of sp³-hybridized carbons (Fsp3) is 0.571. The van der Waals surface area contributed by atoms with Gasteiger partial charge in [0.15, 0.2) is 0 Å². The van der Waals surface area contributed by atoms with Crippen molar-refractivity contribution >= 4 is 0 Å². The zero-order valence-electron chi connectivity index (χ0n) is 10.5. The largest absolute Gasteiger partial charge is 0.497 e. The maximum atomic E-state index is 5.22. The van der Waals surface area contributed by atoms with Crippen LogP contribution in [0.4, 0.5) is 0 Å². The van der Waals surface area contributed by atoms with Crippen molar-refractivity contribution in [3.63, 3.8) is 0 Å². The molecular weight excluding hydrogens is 212 g/mol. The zero-order valence-corrected chi connectivity index (χ0v) is 10.5. The van der Waals surface area contributed by atoms with Crippen LogP contribution < -0.4 is 10.1 Å². The number of hydrogen-bond acceptors (Lipinski definition) is 3. The van der Waals surface area contributed by atoms with Crippen molar-refractivity contribution in [1.29, 1.82) is 0 Å². The molecule has 0 radical (unpaired) electrons. The molecule has 3 atom stereocenters. The summed E-state index contributed by atoms with van der Waals surface area (Å²) in [6.07, 6.45) is 0. The molecule has 0 saturated carbocycles. The van der Waals surface area contributed by atoms with Gasteiger partial charge in [0, 0.05) is 19.1 Å². The average Bonchev–Trinajstić information content (AvgIpc) is 2.89. The van der Waals surface area contributed by atoms with Crippen LogP contribution in [0, 0.1) is 11.8 Å². The summed E-state index contributed by atoms with van der Waals surface area (Å²) < 4.78 is 5.22. The van der Waals surface area contributed by atoms with Gasteiger partial charge in [-0.3, -0.25) is 4.90 Å². The van der Waals surface area contributed by atoms with Crippen molar-refractivity contribution in [3.8, 4) is 5.75 Å². The van der Waals surface area contributed by atoms with E-state index in [-0.39, 0.29) is 0 Å². The Kier molecular flexibility index (Phi) is 2.81. The molecule has 2 aliphatic heterocycles. The minimum atomic E-state index is 0.570. The van der Waals surface area contributed by atoms with Gasteiger partial charge in [-0.1, -0.05) is 12.1 Å². The first-order chi connectivity index (χ1) is 8.29. The second kappa shape index (κ2) is 4.31. The lowest BCUT2D eigenvalue weighted by Crippen LogP contribution is -2.25. The van der Waals surface area contributed by atoms with E-state index in [1.54, 1.807) is 7.11 Å². The van der Waals surface area contributed by atoms with Crippen molar-refractivity contribution in [3.05, 3.63) is 29.8 Å². The molecule has 0 bridgehead atoms. The van der Waals surface area contributed by atoms with Gasteiger partial charge < -0.3 is 10.1 Å². The van der Waals surface area contributed by atoms with Gasteiger partial charge in [0.2, 0.25) is 0 Å². The highest BCUT2D eigenvalue weighted by atomic mass is 16.5. The van der Waals surface area contributed by atoms with E-state index in [9.17, 15) is 0 Å². The Balaban J connectivity index is 1.86. The van der Waals surface area contributed by atoms with Gasteiger partial charge in [0.05, 0.1) is 7.11 Å². The smallest absolute Gasteiger partial charge is 0.118 e. The zero-order chi connectivity index (χ0) is 11.8. The number of nitrogens with one attached hydrogen (secondary N) is 1. The number of rotatable bonds is 2. The predicted octanol–water partition coefficient (Wildman–Crippen LogP) is 1.52. The lowest BCUT2D eigenvalue weighted by molar-refractivity contribution is 0.276. The van der Waals surface area contributed by atoms with Crippen molar-refractivity contribution in [1.82, 2.24) is 10.2 Å². The van der Waals surface area contributed by atoms with Gasteiger partial charge in [-0.05, 0) is 43.1 Å². The number of fused-ring (bicyclic) bond motifs is 1. The molecule has 0 aliphatic carbocycles. The Bertz CT molecular complexity index is 390. The number of nitrogens with zero attached hydrogens (tertiary/aromatic N) is 1. The number of benzene rings is 1. The molecule has 1 aromatic rings. The van der Waals surface area contributed by atoms with Crippen molar-refractivity contribution in [2.24, 2.45) is 11.8 Å². The summed E-state index contributed by atoms with van der Waals surface area (Å²) >= 11 is 0. The van der Waals surface area contributed by atoms with Crippen molar-refractivity contribution in [2.45, 2.75) is 6.04 Å². The second-order valence-electron chi connectivity index (χ2n) is 5.24. The quantitative estimate of drug-likeness (QED) is 0.836. The van der Waals surface area contributed by atoms with E-state index in [0.29, 0.717) is 6.04 Å². The first-order valence-corrected chi connectivity index (χ1v) is 6.34. The third-order valence-corrected chi connectivity index (χ3v) is 4.25. The Morgan fingerprint density at radius 3 is 2.71 bits per heavy atom. The topological polar surface area (TPSA) is 24.5 Å². The van der Waals surface area contributed by atoms with E-state index in [1.165, 1.54) is 18.7 Å². The van der Waals surface area contributed by atoms with Crippen LogP contribution in [0.2, 0.25) is 0 Å². The molecule has 1 N–H and O–H groups in total. The van der Waals surface area contributed by atoms with Crippen LogP contribution in [-0.2, 0) is 0 Å². The van der Waals surface area contributed by atoms with Crippen LogP contribution in [0.5, 0.6) is 5.75 Å². The Morgan fingerprint density at radius 1 is 1.24 bits per heavy atom. The molecule has 17 heavy (non-hydrogen) atoms. The third-order valence-electron chi connectivity index (χ3n) is 4.25. The number of hydrogen-bond donors (Lipinski definition) is 1. The molecule has 0 aromatic heterocycles. The molecule has 0 amide bonds. The molecule has 0 unspecified atom stereocenters. The highest BCUT2D eigenvalue weighted by Crippen LogP contribution is 2.41. The molecule has 1 aromatic carbocycles. The first kappa shape index (κ1) is 11.1. The highest BCUT2D eigenvalue weighted by Gasteiger charge is 2.42. The maximum absolute atomic E-state index is 5.22. The molecule has 2 heterocycles. The van der Waals surface area contributed by atoms with Crippen LogP contribution in [0.3, 0.4) is 0 Å². The standard InChI is InChI=1S/C14H20N2O/c1-16-9-11-7-15-8-13(11)14(16)10-3-5-12(17-2)6-4-10/h3-6,11,13-15H,7-9H2,1-2H3/t11-,13-,14-/m1/s1. The third kappa shape index (κ3) is 1.83. The number of likely N-dealkylation sites (tertiary alicyclic amines) is 1. The average molecular weight is 232 g/mol. The van der Waals surface area contributed by atoms with Gasteiger partial charge in [0.25, 0.3) is 0 Å². The maximum Gasteiger partial charge on any atom is 0.118 e. The Morgan fingerprint density at radius 2 is 2.00 bits per heavy atom. The molecule has 3 nitrogen and oxygen atoms in total. The van der Waals surface area contributed by atoms with Gasteiger partial charge in [-0.2, -0.15) is 0 Å².